The normalized spacial score (nSPS) is 13.0. The molecular weight excluding hydrogens is 166 g/mol. The Morgan fingerprint density at radius 2 is 2.18 bits per heavy atom. The van der Waals surface area contributed by atoms with Crippen LogP contribution in [-0.4, -0.2) is 11.7 Å². The Hall–Kier alpha value is -1.03. The van der Waals surface area contributed by atoms with E-state index in [4.69, 9.17) is 17.3 Å². The third-order valence-electron chi connectivity index (χ3n) is 1.07. The van der Waals surface area contributed by atoms with Crippen molar-refractivity contribution in [2.45, 2.75) is 13.8 Å². The summed E-state index contributed by atoms with van der Waals surface area (Å²) in [5.41, 5.74) is 9.64. The summed E-state index contributed by atoms with van der Waals surface area (Å²) in [5, 5.41) is 3.63. The Morgan fingerprint density at radius 3 is 2.55 bits per heavy atom. The second-order valence-corrected chi connectivity index (χ2v) is 2.18. The number of hydrogen-bond donors (Lipinski definition) is 2. The van der Waals surface area contributed by atoms with Gasteiger partial charge in [-0.2, -0.15) is 5.10 Å². The van der Waals surface area contributed by atoms with Crippen LogP contribution in [0.2, 0.25) is 0 Å². The summed E-state index contributed by atoms with van der Waals surface area (Å²) < 4.78 is 0. The number of nitrogens with two attached hydrogens (primary N) is 1. The molecule has 0 unspecified atom stereocenters. The van der Waals surface area contributed by atoms with Gasteiger partial charge in [-0.15, -0.1) is 0 Å². The van der Waals surface area contributed by atoms with Crippen molar-refractivity contribution in [3.8, 4) is 0 Å². The third kappa shape index (κ3) is 4.38. The largest absolute Gasteiger partial charge is 0.350 e. The number of carbonyl (C=O) groups is 1. The number of halogens is 1. The van der Waals surface area contributed by atoms with Gasteiger partial charge in [0.25, 0.3) is 0 Å². The smallest absolute Gasteiger partial charge is 0.332 e. The van der Waals surface area contributed by atoms with Gasteiger partial charge in [0.15, 0.2) is 0 Å². The summed E-state index contributed by atoms with van der Waals surface area (Å²) >= 11 is 5.38. The molecule has 0 heterocycles. The zero-order valence-corrected chi connectivity index (χ0v) is 7.14. The maximum Gasteiger partial charge on any atom is 0.332 e. The average molecular weight is 176 g/mol. The molecule has 0 saturated heterocycles. The van der Waals surface area contributed by atoms with E-state index < -0.39 is 6.03 Å². The van der Waals surface area contributed by atoms with Crippen LogP contribution in [0.5, 0.6) is 0 Å². The highest BCUT2D eigenvalue weighted by atomic mass is 35.5. The minimum atomic E-state index is -0.688. The zero-order chi connectivity index (χ0) is 8.85. The third-order valence-corrected chi connectivity index (χ3v) is 1.40. The molecule has 2 amide bonds. The van der Waals surface area contributed by atoms with E-state index in [2.05, 4.69) is 10.5 Å². The molecule has 0 radical (unpaired) electrons. The summed E-state index contributed by atoms with van der Waals surface area (Å²) in [7, 11) is 0. The SMILES string of the molecule is CC(=CCl)C(C)=NNC(N)=O. The lowest BCUT2D eigenvalue weighted by atomic mass is 10.2. The number of nitrogens with one attached hydrogen (secondary N) is 1. The van der Waals surface area contributed by atoms with Crippen LogP contribution in [-0.2, 0) is 0 Å². The summed E-state index contributed by atoms with van der Waals surface area (Å²) in [6.45, 7) is 3.48. The minimum absolute atomic E-state index is 0.624. The molecule has 0 aliphatic rings. The first-order valence-electron chi connectivity index (χ1n) is 2.95. The van der Waals surface area contributed by atoms with Crippen molar-refractivity contribution in [1.29, 1.82) is 0 Å². The Kier molecular flexibility index (Phi) is 4.29. The molecule has 0 aliphatic heterocycles. The number of rotatable bonds is 2. The van der Waals surface area contributed by atoms with Gasteiger partial charge in [0.1, 0.15) is 0 Å². The Morgan fingerprint density at radius 1 is 1.64 bits per heavy atom. The predicted molar refractivity (Wildman–Crippen MR) is 45.4 cm³/mol. The average Bonchev–Trinajstić information content (AvgIpc) is 1.98. The monoisotopic (exact) mass is 175 g/mol. The molecule has 0 saturated carbocycles. The van der Waals surface area contributed by atoms with Crippen molar-refractivity contribution < 1.29 is 4.79 Å². The van der Waals surface area contributed by atoms with Gasteiger partial charge < -0.3 is 5.73 Å². The van der Waals surface area contributed by atoms with Crippen molar-refractivity contribution in [3.63, 3.8) is 0 Å². The number of hydrazone groups is 1. The summed E-state index contributed by atoms with van der Waals surface area (Å²) in [5.74, 6) is 0. The first-order chi connectivity index (χ1) is 5.07. The zero-order valence-electron chi connectivity index (χ0n) is 6.39. The molecule has 0 spiro atoms. The number of primary amides is 1. The fourth-order valence-electron chi connectivity index (χ4n) is 0.306. The fourth-order valence-corrected chi connectivity index (χ4v) is 0.464. The Labute approximate surface area is 70.1 Å². The van der Waals surface area contributed by atoms with Crippen LogP contribution in [0.15, 0.2) is 16.2 Å². The van der Waals surface area contributed by atoms with Gasteiger partial charge in [-0.25, -0.2) is 10.2 Å². The molecule has 62 valence electrons. The molecule has 11 heavy (non-hydrogen) atoms. The second-order valence-electron chi connectivity index (χ2n) is 1.97. The molecular formula is C6H10ClN3O. The van der Waals surface area contributed by atoms with Crippen LogP contribution >= 0.6 is 11.6 Å². The maximum absolute atomic E-state index is 10.2. The van der Waals surface area contributed by atoms with Crippen molar-refractivity contribution in [3.05, 3.63) is 11.1 Å². The second kappa shape index (κ2) is 4.73. The van der Waals surface area contributed by atoms with Gasteiger partial charge in [-0.05, 0) is 19.4 Å². The van der Waals surface area contributed by atoms with Crippen LogP contribution < -0.4 is 11.2 Å². The standard InChI is InChI=1S/C6H10ClN3O/c1-4(3-7)5(2)9-10-6(8)11/h3H,1-2H3,(H3,8,10,11). The highest BCUT2D eigenvalue weighted by Gasteiger charge is 1.93. The van der Waals surface area contributed by atoms with E-state index in [1.54, 1.807) is 13.8 Å². The maximum atomic E-state index is 10.2. The molecule has 3 N–H and O–H groups in total. The number of allylic oxidation sites excluding steroid dienone is 1. The van der Waals surface area contributed by atoms with Crippen molar-refractivity contribution in [1.82, 2.24) is 5.43 Å². The van der Waals surface area contributed by atoms with Crippen LogP contribution in [0.1, 0.15) is 13.8 Å². The highest BCUT2D eigenvalue weighted by Crippen LogP contribution is 1.97. The van der Waals surface area contributed by atoms with E-state index in [9.17, 15) is 4.79 Å². The summed E-state index contributed by atoms with van der Waals surface area (Å²) in [6, 6.07) is -0.688. The topological polar surface area (TPSA) is 67.5 Å². The van der Waals surface area contributed by atoms with Gasteiger partial charge in [0.05, 0.1) is 5.71 Å². The molecule has 0 atom stereocenters. The quantitative estimate of drug-likeness (QED) is 0.480. The number of carbonyl (C=O) groups excluding carboxylic acids is 1. The first-order valence-corrected chi connectivity index (χ1v) is 3.38. The fraction of sp³-hybridized carbons (Fsp3) is 0.333. The minimum Gasteiger partial charge on any atom is -0.350 e. The van der Waals surface area contributed by atoms with E-state index in [0.29, 0.717) is 5.71 Å². The predicted octanol–water partition coefficient (Wildman–Crippen LogP) is 1.17. The molecule has 0 aromatic carbocycles. The lowest BCUT2D eigenvalue weighted by molar-refractivity contribution is 0.249. The highest BCUT2D eigenvalue weighted by molar-refractivity contribution is 6.27. The molecule has 0 fully saturated rings. The van der Waals surface area contributed by atoms with E-state index in [-0.39, 0.29) is 0 Å². The summed E-state index contributed by atoms with van der Waals surface area (Å²) in [4.78, 5) is 10.2. The Bertz CT molecular complexity index is 210. The van der Waals surface area contributed by atoms with Crippen molar-refractivity contribution >= 4 is 23.3 Å². The molecule has 5 heteroatoms. The van der Waals surface area contributed by atoms with E-state index in [0.717, 1.165) is 5.57 Å². The molecule has 0 bridgehead atoms. The number of hydrogen-bond acceptors (Lipinski definition) is 2. The molecule has 4 nitrogen and oxygen atoms in total. The van der Waals surface area contributed by atoms with E-state index in [1.807, 2.05) is 0 Å². The van der Waals surface area contributed by atoms with Gasteiger partial charge in [-0.3, -0.25) is 0 Å². The van der Waals surface area contributed by atoms with E-state index in [1.165, 1.54) is 5.54 Å². The molecule has 0 rings (SSSR count). The molecule has 0 aromatic heterocycles. The molecule has 0 aliphatic carbocycles. The Balaban J connectivity index is 4.12. The number of urea groups is 1. The van der Waals surface area contributed by atoms with Gasteiger partial charge in [0, 0.05) is 5.54 Å². The van der Waals surface area contributed by atoms with Crippen molar-refractivity contribution in [2.24, 2.45) is 10.8 Å². The lowest BCUT2D eigenvalue weighted by Gasteiger charge is -1.97. The van der Waals surface area contributed by atoms with E-state index >= 15 is 0 Å². The van der Waals surface area contributed by atoms with Crippen molar-refractivity contribution in [2.75, 3.05) is 0 Å². The van der Waals surface area contributed by atoms with Crippen LogP contribution in [0, 0.1) is 0 Å². The first kappa shape index (κ1) is 9.97. The summed E-state index contributed by atoms with van der Waals surface area (Å²) in [6.07, 6.45) is 0. The number of amides is 2. The number of nitrogens with zero attached hydrogens (tertiary/aromatic N) is 1. The van der Waals surface area contributed by atoms with Gasteiger partial charge in [-0.1, -0.05) is 11.6 Å². The van der Waals surface area contributed by atoms with Crippen LogP contribution in [0.3, 0.4) is 0 Å². The van der Waals surface area contributed by atoms with Crippen LogP contribution in [0.25, 0.3) is 0 Å². The lowest BCUT2D eigenvalue weighted by Crippen LogP contribution is -2.25. The van der Waals surface area contributed by atoms with Gasteiger partial charge >= 0.3 is 6.03 Å². The van der Waals surface area contributed by atoms with Gasteiger partial charge in [0.2, 0.25) is 0 Å². The molecule has 0 aromatic rings. The van der Waals surface area contributed by atoms with Crippen LogP contribution in [0.4, 0.5) is 4.79 Å².